The summed E-state index contributed by atoms with van der Waals surface area (Å²) in [6, 6.07) is 3.58. The molecule has 1 aromatic rings. The summed E-state index contributed by atoms with van der Waals surface area (Å²) in [7, 11) is 2.11. The highest BCUT2D eigenvalue weighted by atomic mass is 35.5. The number of ether oxygens (including phenoxy) is 1. The van der Waals surface area contributed by atoms with Crippen LogP contribution in [0.4, 0.5) is 5.69 Å². The Kier molecular flexibility index (Phi) is 4.73. The van der Waals surface area contributed by atoms with Gasteiger partial charge in [-0.2, -0.15) is 0 Å². The van der Waals surface area contributed by atoms with Gasteiger partial charge in [-0.3, -0.25) is 4.79 Å². The van der Waals surface area contributed by atoms with Crippen molar-refractivity contribution in [1.82, 2.24) is 4.90 Å². The summed E-state index contributed by atoms with van der Waals surface area (Å²) in [5, 5.41) is 0.318. The molecule has 1 saturated heterocycles. The van der Waals surface area contributed by atoms with Crippen LogP contribution in [0.2, 0.25) is 5.02 Å². The number of anilines is 1. The van der Waals surface area contributed by atoms with Gasteiger partial charge in [-0.1, -0.05) is 11.6 Å². The van der Waals surface area contributed by atoms with Gasteiger partial charge in [0.2, 0.25) is 0 Å². The second-order valence-corrected chi connectivity index (χ2v) is 5.56. The molecule has 20 heavy (non-hydrogen) atoms. The van der Waals surface area contributed by atoms with E-state index in [2.05, 4.69) is 11.9 Å². The number of nitrogen functional groups attached to an aromatic ring is 1. The molecule has 1 unspecified atom stereocenters. The monoisotopic (exact) mass is 297 g/mol. The fraction of sp³-hybridized carbons (Fsp3) is 0.500. The molecule has 1 amide bonds. The molecule has 5 nitrogen and oxygen atoms in total. The third-order valence-electron chi connectivity index (χ3n) is 3.70. The average Bonchev–Trinajstić information content (AvgIpc) is 2.77. The number of rotatable bonds is 5. The molecule has 0 radical (unpaired) electrons. The van der Waals surface area contributed by atoms with E-state index >= 15 is 0 Å². The van der Waals surface area contributed by atoms with Gasteiger partial charge in [-0.15, -0.1) is 0 Å². The van der Waals surface area contributed by atoms with E-state index in [4.69, 9.17) is 27.8 Å². The Bertz CT molecular complexity index is 507. The zero-order valence-corrected chi connectivity index (χ0v) is 12.3. The first-order valence-corrected chi connectivity index (χ1v) is 7.08. The highest BCUT2D eigenvalue weighted by molar-refractivity contribution is 6.33. The van der Waals surface area contributed by atoms with E-state index in [-0.39, 0.29) is 5.56 Å². The minimum atomic E-state index is -0.591. The predicted octanol–water partition coefficient (Wildman–Crippen LogP) is 1.88. The van der Waals surface area contributed by atoms with Crippen molar-refractivity contribution >= 4 is 23.2 Å². The number of halogens is 1. The quantitative estimate of drug-likeness (QED) is 0.813. The molecule has 1 heterocycles. The molecule has 0 saturated carbocycles. The van der Waals surface area contributed by atoms with Gasteiger partial charge >= 0.3 is 0 Å². The number of hydrogen-bond donors (Lipinski definition) is 2. The van der Waals surface area contributed by atoms with Gasteiger partial charge in [0, 0.05) is 11.7 Å². The molecule has 1 aliphatic heterocycles. The lowest BCUT2D eigenvalue weighted by Crippen LogP contribution is -2.26. The SMILES string of the molecule is CN1CCCC1CCOc1c(Cl)cc(N)cc1C(N)=O. The highest BCUT2D eigenvalue weighted by Crippen LogP contribution is 2.31. The number of nitrogens with zero attached hydrogens (tertiary/aromatic N) is 1. The molecule has 2 rings (SSSR count). The normalized spacial score (nSPS) is 19.2. The highest BCUT2D eigenvalue weighted by Gasteiger charge is 2.21. The summed E-state index contributed by atoms with van der Waals surface area (Å²) in [5.74, 6) is -0.263. The van der Waals surface area contributed by atoms with Crippen molar-refractivity contribution in [1.29, 1.82) is 0 Å². The molecular weight excluding hydrogens is 278 g/mol. The van der Waals surface area contributed by atoms with Crippen molar-refractivity contribution in [2.45, 2.75) is 25.3 Å². The van der Waals surface area contributed by atoms with E-state index in [0.29, 0.717) is 29.1 Å². The van der Waals surface area contributed by atoms with E-state index in [9.17, 15) is 4.79 Å². The van der Waals surface area contributed by atoms with Crippen molar-refractivity contribution in [3.63, 3.8) is 0 Å². The Labute approximate surface area is 123 Å². The van der Waals surface area contributed by atoms with Gasteiger partial charge in [0.15, 0.2) is 5.75 Å². The van der Waals surface area contributed by atoms with Gasteiger partial charge in [-0.25, -0.2) is 0 Å². The van der Waals surface area contributed by atoms with Crippen molar-refractivity contribution in [2.24, 2.45) is 5.73 Å². The van der Waals surface area contributed by atoms with Crippen LogP contribution in [0.1, 0.15) is 29.6 Å². The maximum atomic E-state index is 11.4. The zero-order valence-electron chi connectivity index (χ0n) is 11.6. The van der Waals surface area contributed by atoms with Crippen LogP contribution in [0.15, 0.2) is 12.1 Å². The lowest BCUT2D eigenvalue weighted by Gasteiger charge is -2.20. The van der Waals surface area contributed by atoms with E-state index in [1.54, 1.807) is 6.07 Å². The van der Waals surface area contributed by atoms with Crippen molar-refractivity contribution < 1.29 is 9.53 Å². The largest absolute Gasteiger partial charge is 0.491 e. The van der Waals surface area contributed by atoms with Crippen LogP contribution in [-0.4, -0.2) is 37.0 Å². The first-order valence-electron chi connectivity index (χ1n) is 6.71. The molecule has 0 aromatic heterocycles. The van der Waals surface area contributed by atoms with E-state index in [1.807, 2.05) is 0 Å². The molecule has 0 bridgehead atoms. The molecule has 0 spiro atoms. The Morgan fingerprint density at radius 2 is 2.30 bits per heavy atom. The third-order valence-corrected chi connectivity index (χ3v) is 3.98. The van der Waals surface area contributed by atoms with Gasteiger partial charge in [0.25, 0.3) is 5.91 Å². The van der Waals surface area contributed by atoms with Gasteiger partial charge in [-0.05, 0) is 45.0 Å². The van der Waals surface area contributed by atoms with Crippen LogP contribution in [0, 0.1) is 0 Å². The summed E-state index contributed by atoms with van der Waals surface area (Å²) >= 11 is 6.08. The molecule has 1 atom stereocenters. The van der Waals surface area contributed by atoms with E-state index in [0.717, 1.165) is 13.0 Å². The Balaban J connectivity index is 2.03. The molecular formula is C14H20ClN3O2. The zero-order chi connectivity index (χ0) is 14.7. The number of benzene rings is 1. The van der Waals surface area contributed by atoms with Crippen LogP contribution in [0.25, 0.3) is 0 Å². The fourth-order valence-electron chi connectivity index (χ4n) is 2.59. The number of primary amides is 1. The van der Waals surface area contributed by atoms with Crippen LogP contribution >= 0.6 is 11.6 Å². The van der Waals surface area contributed by atoms with Crippen molar-refractivity contribution in [3.05, 3.63) is 22.7 Å². The molecule has 1 aromatic carbocycles. The average molecular weight is 298 g/mol. The number of hydrogen-bond acceptors (Lipinski definition) is 4. The van der Waals surface area contributed by atoms with Crippen LogP contribution in [0.5, 0.6) is 5.75 Å². The minimum Gasteiger partial charge on any atom is -0.491 e. The molecule has 4 N–H and O–H groups in total. The molecule has 1 fully saturated rings. The van der Waals surface area contributed by atoms with Gasteiger partial charge in [0.05, 0.1) is 17.2 Å². The first kappa shape index (κ1) is 14.9. The number of amides is 1. The summed E-state index contributed by atoms with van der Waals surface area (Å²) in [4.78, 5) is 13.7. The van der Waals surface area contributed by atoms with Crippen LogP contribution < -0.4 is 16.2 Å². The Hall–Kier alpha value is -1.46. The standard InChI is InChI=1S/C14H20ClN3O2/c1-18-5-2-3-10(18)4-6-20-13-11(14(17)19)7-9(16)8-12(13)15/h7-8,10H,2-6,16H2,1H3,(H2,17,19). The molecule has 110 valence electrons. The van der Waals surface area contributed by atoms with Crippen molar-refractivity contribution in [2.75, 3.05) is 25.9 Å². The lowest BCUT2D eigenvalue weighted by atomic mass is 10.1. The smallest absolute Gasteiger partial charge is 0.252 e. The predicted molar refractivity (Wildman–Crippen MR) is 80.1 cm³/mol. The lowest BCUT2D eigenvalue weighted by molar-refractivity contribution is 0.0996. The second-order valence-electron chi connectivity index (χ2n) is 5.16. The van der Waals surface area contributed by atoms with Gasteiger partial charge < -0.3 is 21.1 Å². The Morgan fingerprint density at radius 1 is 1.55 bits per heavy atom. The maximum absolute atomic E-state index is 11.4. The Morgan fingerprint density at radius 3 is 2.90 bits per heavy atom. The number of nitrogens with two attached hydrogens (primary N) is 2. The summed E-state index contributed by atoms with van der Waals surface area (Å²) in [6.45, 7) is 1.62. The van der Waals surface area contributed by atoms with Crippen LogP contribution in [-0.2, 0) is 0 Å². The molecule has 6 heteroatoms. The summed E-state index contributed by atoms with van der Waals surface area (Å²) < 4.78 is 5.68. The summed E-state index contributed by atoms with van der Waals surface area (Å²) in [6.07, 6.45) is 3.30. The summed E-state index contributed by atoms with van der Waals surface area (Å²) in [5.41, 5.74) is 11.6. The first-order chi connectivity index (χ1) is 9.49. The van der Waals surface area contributed by atoms with E-state index < -0.39 is 5.91 Å². The fourth-order valence-corrected chi connectivity index (χ4v) is 2.87. The van der Waals surface area contributed by atoms with E-state index in [1.165, 1.54) is 18.9 Å². The molecule has 0 aliphatic carbocycles. The molecule has 1 aliphatic rings. The minimum absolute atomic E-state index is 0.231. The maximum Gasteiger partial charge on any atom is 0.252 e. The van der Waals surface area contributed by atoms with Gasteiger partial charge in [0.1, 0.15) is 0 Å². The number of likely N-dealkylation sites (tertiary alicyclic amines) is 1. The third kappa shape index (κ3) is 3.35. The second kappa shape index (κ2) is 6.33. The topological polar surface area (TPSA) is 81.6 Å². The number of carbonyl (C=O) groups excluding carboxylic acids is 1. The number of carbonyl (C=O) groups is 1. The van der Waals surface area contributed by atoms with Crippen molar-refractivity contribution in [3.8, 4) is 5.75 Å². The van der Waals surface area contributed by atoms with Crippen LogP contribution in [0.3, 0.4) is 0 Å².